The van der Waals surface area contributed by atoms with Crippen molar-refractivity contribution in [2.24, 2.45) is 0 Å². The molecule has 0 amide bonds. The van der Waals surface area contributed by atoms with Gasteiger partial charge in [-0.15, -0.1) is 0 Å². The molecule has 0 aliphatic heterocycles. The van der Waals surface area contributed by atoms with Crippen LogP contribution in [0.2, 0.25) is 0 Å². The van der Waals surface area contributed by atoms with Crippen molar-refractivity contribution in [3.63, 3.8) is 0 Å². The summed E-state index contributed by atoms with van der Waals surface area (Å²) < 4.78 is 41.3. The van der Waals surface area contributed by atoms with E-state index in [1.807, 2.05) is 13.0 Å². The number of rotatable bonds is 3. The third-order valence-electron chi connectivity index (χ3n) is 2.97. The van der Waals surface area contributed by atoms with Crippen molar-refractivity contribution in [2.45, 2.75) is 18.7 Å². The van der Waals surface area contributed by atoms with Crippen molar-refractivity contribution in [1.82, 2.24) is 0 Å². The fourth-order valence-corrected chi connectivity index (χ4v) is 4.18. The summed E-state index contributed by atoms with van der Waals surface area (Å²) in [6.07, 6.45) is 0. The van der Waals surface area contributed by atoms with Gasteiger partial charge < -0.3 is 5.73 Å². The highest BCUT2D eigenvalue weighted by Gasteiger charge is 2.21. The van der Waals surface area contributed by atoms with E-state index in [4.69, 9.17) is 5.73 Å². The predicted molar refractivity (Wildman–Crippen MR) is 85.2 cm³/mol. The molecule has 112 valence electrons. The molecule has 0 radical (unpaired) electrons. The number of para-hydroxylation sites is 1. The second-order valence-corrected chi connectivity index (χ2v) is 7.20. The number of nitrogens with two attached hydrogens (primary N) is 1. The monoisotopic (exact) mass is 372 g/mol. The van der Waals surface area contributed by atoms with Gasteiger partial charge in [-0.25, -0.2) is 12.8 Å². The molecule has 0 bridgehead atoms. The summed E-state index contributed by atoms with van der Waals surface area (Å²) in [5.41, 5.74) is 7.27. The molecule has 2 aromatic rings. The summed E-state index contributed by atoms with van der Waals surface area (Å²) >= 11 is 3.32. The highest BCUT2D eigenvalue weighted by molar-refractivity contribution is 9.10. The molecule has 0 spiro atoms. The summed E-state index contributed by atoms with van der Waals surface area (Å²) in [6.45, 7) is 3.69. The van der Waals surface area contributed by atoms with E-state index in [-0.39, 0.29) is 4.90 Å². The molecule has 2 rings (SSSR count). The number of hydrogen-bond donors (Lipinski definition) is 2. The van der Waals surface area contributed by atoms with Crippen molar-refractivity contribution in [3.8, 4) is 0 Å². The van der Waals surface area contributed by atoms with Gasteiger partial charge in [0.2, 0.25) is 0 Å². The van der Waals surface area contributed by atoms with Crippen LogP contribution >= 0.6 is 15.9 Å². The molecule has 0 saturated carbocycles. The van der Waals surface area contributed by atoms with Gasteiger partial charge in [0, 0.05) is 4.47 Å². The minimum Gasteiger partial charge on any atom is -0.395 e. The maximum atomic E-state index is 13.4. The Morgan fingerprint density at radius 3 is 2.52 bits per heavy atom. The average Bonchev–Trinajstić information content (AvgIpc) is 2.37. The Morgan fingerprint density at radius 1 is 1.24 bits per heavy atom. The van der Waals surface area contributed by atoms with Gasteiger partial charge in [-0.2, -0.15) is 0 Å². The van der Waals surface area contributed by atoms with Gasteiger partial charge >= 0.3 is 0 Å². The number of anilines is 2. The quantitative estimate of drug-likeness (QED) is 0.808. The van der Waals surface area contributed by atoms with Crippen LogP contribution in [-0.4, -0.2) is 8.42 Å². The first kappa shape index (κ1) is 15.8. The number of halogens is 2. The largest absolute Gasteiger partial charge is 0.395 e. The summed E-state index contributed by atoms with van der Waals surface area (Å²) in [4.78, 5) is -0.283. The number of benzene rings is 2. The fraction of sp³-hybridized carbons (Fsp3) is 0.143. The Morgan fingerprint density at radius 2 is 1.90 bits per heavy atom. The summed E-state index contributed by atoms with van der Waals surface area (Å²) in [6, 6.07) is 7.31. The molecule has 0 unspecified atom stereocenters. The molecule has 3 N–H and O–H groups in total. The zero-order chi connectivity index (χ0) is 15.8. The Balaban J connectivity index is 2.50. The van der Waals surface area contributed by atoms with E-state index in [2.05, 4.69) is 20.7 Å². The van der Waals surface area contributed by atoms with E-state index in [1.165, 1.54) is 12.1 Å². The lowest BCUT2D eigenvalue weighted by Crippen LogP contribution is -2.16. The number of hydrogen-bond acceptors (Lipinski definition) is 3. The molecule has 0 atom stereocenters. The van der Waals surface area contributed by atoms with Gasteiger partial charge in [-0.3, -0.25) is 4.72 Å². The fourth-order valence-electron chi connectivity index (χ4n) is 1.99. The van der Waals surface area contributed by atoms with E-state index in [1.54, 1.807) is 13.0 Å². The first-order valence-electron chi connectivity index (χ1n) is 6.06. The van der Waals surface area contributed by atoms with Gasteiger partial charge in [0.15, 0.2) is 0 Å². The summed E-state index contributed by atoms with van der Waals surface area (Å²) in [5, 5.41) is 0. The molecule has 4 nitrogen and oxygen atoms in total. The van der Waals surface area contributed by atoms with Crippen LogP contribution < -0.4 is 10.5 Å². The molecular weight excluding hydrogens is 359 g/mol. The molecule has 0 aromatic heterocycles. The lowest BCUT2D eigenvalue weighted by molar-refractivity contribution is 0.597. The number of nitrogen functional groups attached to an aromatic ring is 1. The zero-order valence-corrected chi connectivity index (χ0v) is 13.8. The number of sulfonamides is 1. The molecule has 0 aliphatic rings. The van der Waals surface area contributed by atoms with Crippen LogP contribution in [0.3, 0.4) is 0 Å². The molecular formula is C14H14BrFN2O2S. The second-order valence-electron chi connectivity index (χ2n) is 4.70. The molecule has 0 aliphatic carbocycles. The van der Waals surface area contributed by atoms with E-state index < -0.39 is 21.5 Å². The Kier molecular flexibility index (Phi) is 4.25. The Hall–Kier alpha value is -1.60. The average molecular weight is 373 g/mol. The van der Waals surface area contributed by atoms with Gasteiger partial charge in [0.05, 0.1) is 11.4 Å². The Labute approximate surface area is 131 Å². The maximum Gasteiger partial charge on any atom is 0.264 e. The molecule has 7 heteroatoms. The van der Waals surface area contributed by atoms with Crippen LogP contribution in [0.25, 0.3) is 0 Å². The summed E-state index contributed by atoms with van der Waals surface area (Å²) in [7, 11) is -3.97. The van der Waals surface area contributed by atoms with E-state index in [0.717, 1.165) is 17.2 Å². The topological polar surface area (TPSA) is 72.2 Å². The standard InChI is InChI=1S/C14H14BrFN2O2S/c1-8-6-9(2)14(10(15)7-8)18-21(19,20)12-5-3-4-11(16)13(12)17/h3-7,18H,17H2,1-2H3. The second kappa shape index (κ2) is 5.65. The lowest BCUT2D eigenvalue weighted by atomic mass is 10.1. The highest BCUT2D eigenvalue weighted by Crippen LogP contribution is 2.31. The van der Waals surface area contributed by atoms with Crippen molar-refractivity contribution in [3.05, 3.63) is 51.7 Å². The molecule has 0 saturated heterocycles. The van der Waals surface area contributed by atoms with E-state index >= 15 is 0 Å². The maximum absolute atomic E-state index is 13.4. The van der Waals surface area contributed by atoms with E-state index in [0.29, 0.717) is 10.2 Å². The van der Waals surface area contributed by atoms with Gasteiger partial charge in [0.1, 0.15) is 10.7 Å². The van der Waals surface area contributed by atoms with Gasteiger partial charge in [0.25, 0.3) is 10.0 Å². The normalized spacial score (nSPS) is 11.4. The third kappa shape index (κ3) is 3.19. The zero-order valence-electron chi connectivity index (χ0n) is 11.4. The lowest BCUT2D eigenvalue weighted by Gasteiger charge is -2.14. The van der Waals surface area contributed by atoms with Crippen LogP contribution in [0.15, 0.2) is 39.7 Å². The minimum absolute atomic E-state index is 0.283. The number of nitrogens with one attached hydrogen (secondary N) is 1. The van der Waals surface area contributed by atoms with Crippen molar-refractivity contribution in [1.29, 1.82) is 0 Å². The molecule has 21 heavy (non-hydrogen) atoms. The molecule has 0 heterocycles. The highest BCUT2D eigenvalue weighted by atomic mass is 79.9. The van der Waals surface area contributed by atoms with Crippen LogP contribution in [0.4, 0.5) is 15.8 Å². The smallest absolute Gasteiger partial charge is 0.264 e. The van der Waals surface area contributed by atoms with Crippen LogP contribution in [0.1, 0.15) is 11.1 Å². The van der Waals surface area contributed by atoms with Crippen molar-refractivity contribution >= 4 is 37.3 Å². The van der Waals surface area contributed by atoms with Crippen molar-refractivity contribution < 1.29 is 12.8 Å². The first-order valence-corrected chi connectivity index (χ1v) is 8.33. The van der Waals surface area contributed by atoms with Gasteiger partial charge in [-0.1, -0.05) is 12.1 Å². The number of aryl methyl sites for hydroxylation is 2. The van der Waals surface area contributed by atoms with E-state index in [9.17, 15) is 12.8 Å². The molecule has 2 aromatic carbocycles. The van der Waals surface area contributed by atoms with Crippen molar-refractivity contribution in [2.75, 3.05) is 10.5 Å². The first-order chi connectivity index (χ1) is 9.72. The van der Waals surface area contributed by atoms with Crippen LogP contribution in [0.5, 0.6) is 0 Å². The third-order valence-corrected chi connectivity index (χ3v) is 5.00. The van der Waals surface area contributed by atoms with Gasteiger partial charge in [-0.05, 0) is 59.1 Å². The SMILES string of the molecule is Cc1cc(C)c(NS(=O)(=O)c2cccc(F)c2N)c(Br)c1. The minimum atomic E-state index is -3.97. The summed E-state index contributed by atoms with van der Waals surface area (Å²) in [5.74, 6) is -0.766. The van der Waals surface area contributed by atoms with Crippen LogP contribution in [-0.2, 0) is 10.0 Å². The van der Waals surface area contributed by atoms with Crippen LogP contribution in [0, 0.1) is 19.7 Å². The predicted octanol–water partition coefficient (Wildman–Crippen LogP) is 3.59. The molecule has 0 fully saturated rings. The Bertz CT molecular complexity index is 784.